The molecule has 96 valence electrons. The first-order valence-electron chi connectivity index (χ1n) is 5.34. The van der Waals surface area contributed by atoms with Crippen molar-refractivity contribution in [1.29, 1.82) is 0 Å². The van der Waals surface area contributed by atoms with Gasteiger partial charge < -0.3 is 10.1 Å². The molecule has 0 saturated carbocycles. The minimum atomic E-state index is -0.573. The fourth-order valence-electron chi connectivity index (χ4n) is 1.73. The molecule has 3 aromatic rings. The van der Waals surface area contributed by atoms with Crippen LogP contribution in [0.3, 0.4) is 0 Å². The molecule has 3 rings (SSSR count). The van der Waals surface area contributed by atoms with Crippen molar-refractivity contribution in [3.63, 3.8) is 0 Å². The number of H-pyrrole nitrogens is 2. The van der Waals surface area contributed by atoms with Crippen LogP contribution in [0.15, 0.2) is 35.4 Å². The molecular weight excluding hydrogens is 270 g/mol. The van der Waals surface area contributed by atoms with Gasteiger partial charge in [0.1, 0.15) is 17.0 Å². The number of halogens is 1. The Morgan fingerprint density at radius 3 is 2.89 bits per heavy atom. The fraction of sp³-hybridized carbons (Fsp3) is 0. The second-order valence-electron chi connectivity index (χ2n) is 3.76. The van der Waals surface area contributed by atoms with E-state index >= 15 is 0 Å². The predicted molar refractivity (Wildman–Crippen MR) is 70.6 cm³/mol. The number of aromatic amines is 2. The van der Waals surface area contributed by atoms with E-state index < -0.39 is 5.69 Å². The molecule has 0 radical (unpaired) electrons. The van der Waals surface area contributed by atoms with Gasteiger partial charge in [-0.25, -0.2) is 14.2 Å². The van der Waals surface area contributed by atoms with E-state index in [0.29, 0.717) is 16.9 Å². The van der Waals surface area contributed by atoms with Crippen LogP contribution in [0.4, 0.5) is 11.5 Å². The van der Waals surface area contributed by atoms with E-state index in [0.717, 1.165) is 4.42 Å². The van der Waals surface area contributed by atoms with Crippen molar-refractivity contribution in [2.75, 3.05) is 4.42 Å². The Labute approximate surface area is 111 Å². The zero-order valence-corrected chi connectivity index (χ0v) is 10.2. The van der Waals surface area contributed by atoms with Gasteiger partial charge in [-0.3, -0.25) is 4.98 Å². The smallest absolute Gasteiger partial charge is 0.348 e. The van der Waals surface area contributed by atoms with Crippen molar-refractivity contribution in [3.05, 3.63) is 41.1 Å². The number of aromatic nitrogens is 4. The van der Waals surface area contributed by atoms with Crippen LogP contribution in [0.5, 0.6) is 5.75 Å². The number of anilines is 2. The monoisotopic (exact) mass is 277 g/mol. The summed E-state index contributed by atoms with van der Waals surface area (Å²) in [6, 6.07) is 6.47. The van der Waals surface area contributed by atoms with E-state index in [2.05, 4.69) is 19.9 Å². The molecule has 0 atom stereocenters. The van der Waals surface area contributed by atoms with Crippen LogP contribution in [0.1, 0.15) is 0 Å². The number of hydrogen-bond acceptors (Lipinski definition) is 5. The molecule has 0 aliphatic rings. The van der Waals surface area contributed by atoms with Gasteiger partial charge in [0, 0.05) is 11.8 Å². The molecule has 8 heteroatoms. The average Bonchev–Trinajstić information content (AvgIpc) is 2.85. The predicted octanol–water partition coefficient (Wildman–Crippen LogP) is 1.64. The Morgan fingerprint density at radius 1 is 1.32 bits per heavy atom. The largest absolute Gasteiger partial charge is 0.506 e. The van der Waals surface area contributed by atoms with Crippen LogP contribution in [0.25, 0.3) is 11.2 Å². The van der Waals surface area contributed by atoms with Gasteiger partial charge in [0.2, 0.25) is 0 Å². The molecule has 2 heterocycles. The van der Waals surface area contributed by atoms with Crippen LogP contribution in [-0.2, 0) is 0 Å². The minimum Gasteiger partial charge on any atom is -0.506 e. The van der Waals surface area contributed by atoms with Gasteiger partial charge in [0.05, 0.1) is 6.33 Å². The van der Waals surface area contributed by atoms with Crippen molar-refractivity contribution in [3.8, 4) is 5.75 Å². The number of nitrogens with zero attached hydrogens (tertiary/aromatic N) is 3. The number of phenols is 1. The summed E-state index contributed by atoms with van der Waals surface area (Å²) in [5, 5.41) is 9.77. The van der Waals surface area contributed by atoms with Crippen LogP contribution in [0, 0.1) is 0 Å². The van der Waals surface area contributed by atoms with Crippen molar-refractivity contribution in [2.24, 2.45) is 0 Å². The summed E-state index contributed by atoms with van der Waals surface area (Å²) >= 11 is 6.16. The number of hydrogen-bond donors (Lipinski definition) is 3. The first-order valence-corrected chi connectivity index (χ1v) is 5.68. The number of aromatic hydroxyl groups is 1. The van der Waals surface area contributed by atoms with E-state index in [1.54, 1.807) is 18.2 Å². The molecule has 0 aliphatic heterocycles. The molecule has 1 aromatic carbocycles. The normalized spacial score (nSPS) is 10.8. The highest BCUT2D eigenvalue weighted by Gasteiger charge is 2.17. The highest BCUT2D eigenvalue weighted by atomic mass is 35.5. The molecule has 2 aromatic heterocycles. The minimum absolute atomic E-state index is 0.0211. The first kappa shape index (κ1) is 11.5. The van der Waals surface area contributed by atoms with E-state index in [-0.39, 0.29) is 11.6 Å². The van der Waals surface area contributed by atoms with E-state index in [9.17, 15) is 9.90 Å². The SMILES string of the molecule is O=c1nc(N(Cl)c2ccccc2O)c2[nH]cnc2[nH]1. The Balaban J connectivity index is 2.22. The fourth-order valence-corrected chi connectivity index (χ4v) is 1.99. The lowest BCUT2D eigenvalue weighted by Crippen LogP contribution is -2.16. The molecule has 19 heavy (non-hydrogen) atoms. The maximum Gasteiger partial charge on any atom is 0.348 e. The third-order valence-corrected chi connectivity index (χ3v) is 2.92. The lowest BCUT2D eigenvalue weighted by atomic mass is 10.3. The molecule has 0 aliphatic carbocycles. The Hall–Kier alpha value is -2.54. The summed E-state index contributed by atoms with van der Waals surface area (Å²) in [5.41, 5.74) is 0.558. The lowest BCUT2D eigenvalue weighted by molar-refractivity contribution is 0.477. The van der Waals surface area contributed by atoms with Crippen molar-refractivity contribution in [1.82, 2.24) is 19.9 Å². The Bertz CT molecular complexity index is 797. The number of rotatable bonds is 2. The quantitative estimate of drug-likeness (QED) is 0.619. The van der Waals surface area contributed by atoms with Gasteiger partial charge in [-0.15, -0.1) is 0 Å². The zero-order valence-electron chi connectivity index (χ0n) is 9.46. The van der Waals surface area contributed by atoms with Crippen molar-refractivity contribution < 1.29 is 5.11 Å². The number of phenolic OH excluding ortho intramolecular Hbond substituents is 1. The van der Waals surface area contributed by atoms with Crippen molar-refractivity contribution in [2.45, 2.75) is 0 Å². The van der Waals surface area contributed by atoms with Crippen LogP contribution < -0.4 is 10.1 Å². The first-order chi connectivity index (χ1) is 9.16. The second kappa shape index (κ2) is 4.29. The molecule has 0 spiro atoms. The lowest BCUT2D eigenvalue weighted by Gasteiger charge is -2.15. The number of fused-ring (bicyclic) bond motifs is 1. The van der Waals surface area contributed by atoms with Gasteiger partial charge >= 0.3 is 5.69 Å². The average molecular weight is 278 g/mol. The topological polar surface area (TPSA) is 97.9 Å². The van der Waals surface area contributed by atoms with Crippen LogP contribution in [0.2, 0.25) is 0 Å². The standard InChI is InChI=1S/C11H8ClN5O2/c12-17(6-3-1-2-4-7(6)18)10-8-9(14-5-13-8)15-11(19)16-10/h1-5,18H,(H2,13,14,15,16,19). The maximum absolute atomic E-state index is 11.5. The van der Waals surface area contributed by atoms with Gasteiger partial charge in [0.15, 0.2) is 11.5 Å². The number of imidazole rings is 1. The summed E-state index contributed by atoms with van der Waals surface area (Å²) in [6.07, 6.45) is 1.42. The summed E-state index contributed by atoms with van der Waals surface area (Å²) in [4.78, 5) is 24.5. The van der Waals surface area contributed by atoms with Crippen molar-refractivity contribution >= 4 is 34.4 Å². The van der Waals surface area contributed by atoms with E-state index in [1.165, 1.54) is 12.4 Å². The molecule has 0 bridgehead atoms. The number of para-hydroxylation sites is 2. The molecule has 3 N–H and O–H groups in total. The highest BCUT2D eigenvalue weighted by Crippen LogP contribution is 2.34. The third-order valence-electron chi connectivity index (χ3n) is 2.57. The van der Waals surface area contributed by atoms with E-state index in [4.69, 9.17) is 11.8 Å². The molecule has 0 unspecified atom stereocenters. The molecule has 0 saturated heterocycles. The maximum atomic E-state index is 11.5. The van der Waals surface area contributed by atoms with Gasteiger partial charge in [0.25, 0.3) is 0 Å². The number of benzene rings is 1. The van der Waals surface area contributed by atoms with Gasteiger partial charge in [-0.2, -0.15) is 4.98 Å². The molecule has 7 nitrogen and oxygen atoms in total. The van der Waals surface area contributed by atoms with E-state index in [1.807, 2.05) is 0 Å². The van der Waals surface area contributed by atoms with Crippen LogP contribution in [-0.4, -0.2) is 25.0 Å². The molecule has 0 amide bonds. The van der Waals surface area contributed by atoms with Crippen LogP contribution >= 0.6 is 11.8 Å². The summed E-state index contributed by atoms with van der Waals surface area (Å²) < 4.78 is 1.10. The number of nitrogens with one attached hydrogen (secondary N) is 2. The van der Waals surface area contributed by atoms with Gasteiger partial charge in [-0.05, 0) is 12.1 Å². The Kier molecular flexibility index (Phi) is 2.60. The summed E-state index contributed by atoms with van der Waals surface area (Å²) in [6.45, 7) is 0. The summed E-state index contributed by atoms with van der Waals surface area (Å²) in [7, 11) is 0. The Morgan fingerprint density at radius 2 is 2.11 bits per heavy atom. The van der Waals surface area contributed by atoms with Gasteiger partial charge in [-0.1, -0.05) is 12.1 Å². The molecule has 0 fully saturated rings. The summed E-state index contributed by atoms with van der Waals surface area (Å²) in [5.74, 6) is 0.145. The second-order valence-corrected chi connectivity index (χ2v) is 4.10. The zero-order chi connectivity index (χ0) is 13.4. The third kappa shape index (κ3) is 1.89. The highest BCUT2D eigenvalue weighted by molar-refractivity contribution is 6.30. The molecular formula is C11H8ClN5O2.